The second kappa shape index (κ2) is 6.73. The molecule has 0 aliphatic rings. The molecule has 0 aromatic heterocycles. The van der Waals surface area contributed by atoms with E-state index in [2.05, 4.69) is 5.32 Å². The number of hydrogen-bond acceptors (Lipinski definition) is 3. The molecule has 0 aliphatic carbocycles. The number of ether oxygens (including phenoxy) is 1. The summed E-state index contributed by atoms with van der Waals surface area (Å²) in [4.78, 5) is 11.9. The zero-order valence-electron chi connectivity index (χ0n) is 11.2. The molecule has 0 spiro atoms. The molecule has 1 atom stereocenters. The van der Waals surface area contributed by atoms with Crippen molar-refractivity contribution in [2.24, 2.45) is 0 Å². The quantitative estimate of drug-likeness (QED) is 0.875. The summed E-state index contributed by atoms with van der Waals surface area (Å²) in [5.41, 5.74) is 1.44. The van der Waals surface area contributed by atoms with E-state index in [0.717, 1.165) is 5.56 Å². The molecule has 0 aliphatic heterocycles. The number of benzene rings is 2. The van der Waals surface area contributed by atoms with E-state index in [1.165, 1.54) is 0 Å². The Morgan fingerprint density at radius 2 is 1.80 bits per heavy atom. The second-order valence-electron chi connectivity index (χ2n) is 4.34. The molecule has 2 N–H and O–H groups in total. The van der Waals surface area contributed by atoms with Crippen LogP contribution >= 0.6 is 0 Å². The van der Waals surface area contributed by atoms with E-state index in [9.17, 15) is 9.90 Å². The summed E-state index contributed by atoms with van der Waals surface area (Å²) in [6.45, 7) is 0.312. The Morgan fingerprint density at radius 1 is 1.15 bits per heavy atom. The minimum Gasteiger partial charge on any atom is -0.496 e. The van der Waals surface area contributed by atoms with E-state index >= 15 is 0 Å². The van der Waals surface area contributed by atoms with Gasteiger partial charge < -0.3 is 15.2 Å². The van der Waals surface area contributed by atoms with Gasteiger partial charge in [0.2, 0.25) is 0 Å². The number of carbonyl (C=O) groups is 1. The second-order valence-corrected chi connectivity index (χ2v) is 4.34. The van der Waals surface area contributed by atoms with Crippen molar-refractivity contribution in [2.45, 2.75) is 12.6 Å². The fourth-order valence-corrected chi connectivity index (χ4v) is 1.91. The van der Waals surface area contributed by atoms with Crippen LogP contribution in [0.4, 0.5) is 0 Å². The third kappa shape index (κ3) is 3.36. The predicted molar refractivity (Wildman–Crippen MR) is 76.2 cm³/mol. The van der Waals surface area contributed by atoms with Crippen LogP contribution in [0.1, 0.15) is 17.2 Å². The fraction of sp³-hybridized carbons (Fsp3) is 0.188. The van der Waals surface area contributed by atoms with Crippen LogP contribution in [0, 0.1) is 0 Å². The zero-order chi connectivity index (χ0) is 14.4. The van der Waals surface area contributed by atoms with Gasteiger partial charge in [0.1, 0.15) is 5.75 Å². The average Bonchev–Trinajstić information content (AvgIpc) is 2.53. The first-order chi connectivity index (χ1) is 9.72. The Morgan fingerprint density at radius 3 is 2.50 bits per heavy atom. The summed E-state index contributed by atoms with van der Waals surface area (Å²) in [6.07, 6.45) is -1.16. The van der Waals surface area contributed by atoms with Crippen molar-refractivity contribution in [1.29, 1.82) is 0 Å². The Bertz CT molecular complexity index is 569. The molecule has 4 nitrogen and oxygen atoms in total. The van der Waals surface area contributed by atoms with Crippen molar-refractivity contribution in [2.75, 3.05) is 7.11 Å². The molecule has 2 aromatic rings. The molecular weight excluding hydrogens is 254 g/mol. The van der Waals surface area contributed by atoms with E-state index in [4.69, 9.17) is 4.74 Å². The van der Waals surface area contributed by atoms with Crippen LogP contribution in [0.15, 0.2) is 54.6 Å². The van der Waals surface area contributed by atoms with E-state index in [0.29, 0.717) is 17.9 Å². The van der Waals surface area contributed by atoms with Gasteiger partial charge in [-0.25, -0.2) is 0 Å². The van der Waals surface area contributed by atoms with Crippen LogP contribution < -0.4 is 10.1 Å². The lowest BCUT2D eigenvalue weighted by molar-refractivity contribution is -0.129. The average molecular weight is 271 g/mol. The molecule has 1 amide bonds. The Kier molecular flexibility index (Phi) is 4.74. The van der Waals surface area contributed by atoms with Gasteiger partial charge in [-0.3, -0.25) is 4.79 Å². The van der Waals surface area contributed by atoms with E-state index in [1.54, 1.807) is 31.4 Å². The monoisotopic (exact) mass is 271 g/mol. The highest BCUT2D eigenvalue weighted by Gasteiger charge is 2.16. The third-order valence-electron chi connectivity index (χ3n) is 3.01. The highest BCUT2D eigenvalue weighted by atomic mass is 16.5. The van der Waals surface area contributed by atoms with Gasteiger partial charge in [-0.15, -0.1) is 0 Å². The number of hydrogen-bond donors (Lipinski definition) is 2. The maximum Gasteiger partial charge on any atom is 0.253 e. The van der Waals surface area contributed by atoms with Crippen molar-refractivity contribution in [3.8, 4) is 5.75 Å². The first-order valence-electron chi connectivity index (χ1n) is 6.35. The van der Waals surface area contributed by atoms with Gasteiger partial charge in [-0.05, 0) is 11.6 Å². The van der Waals surface area contributed by atoms with Crippen molar-refractivity contribution in [3.05, 3.63) is 65.7 Å². The summed E-state index contributed by atoms with van der Waals surface area (Å²) in [7, 11) is 1.58. The normalized spacial score (nSPS) is 11.7. The first-order valence-corrected chi connectivity index (χ1v) is 6.35. The minimum absolute atomic E-state index is 0.312. The van der Waals surface area contributed by atoms with Gasteiger partial charge >= 0.3 is 0 Å². The van der Waals surface area contributed by atoms with Crippen LogP contribution in [0.25, 0.3) is 0 Å². The summed E-state index contributed by atoms with van der Waals surface area (Å²) in [5, 5.41) is 12.7. The standard InChI is InChI=1S/C16H17NO3/c1-20-14-10-6-5-9-13(14)11-17-16(19)15(18)12-7-3-2-4-8-12/h2-10,15,18H,11H2,1H3,(H,17,19). The lowest BCUT2D eigenvalue weighted by atomic mass is 10.1. The summed E-state index contributed by atoms with van der Waals surface area (Å²) >= 11 is 0. The number of amides is 1. The van der Waals surface area contributed by atoms with Gasteiger partial charge in [0.05, 0.1) is 7.11 Å². The van der Waals surface area contributed by atoms with Gasteiger partial charge in [0.15, 0.2) is 6.10 Å². The topological polar surface area (TPSA) is 58.6 Å². The number of rotatable bonds is 5. The first kappa shape index (κ1) is 14.1. The molecule has 0 heterocycles. The highest BCUT2D eigenvalue weighted by Crippen LogP contribution is 2.17. The number of para-hydroxylation sites is 1. The summed E-state index contributed by atoms with van der Waals surface area (Å²) < 4.78 is 5.21. The SMILES string of the molecule is COc1ccccc1CNC(=O)C(O)c1ccccc1. The lowest BCUT2D eigenvalue weighted by Crippen LogP contribution is -2.28. The van der Waals surface area contributed by atoms with Crippen molar-refractivity contribution in [1.82, 2.24) is 5.32 Å². The van der Waals surface area contributed by atoms with Gasteiger partial charge in [0, 0.05) is 12.1 Å². The molecule has 2 rings (SSSR count). The maximum atomic E-state index is 11.9. The van der Waals surface area contributed by atoms with E-state index < -0.39 is 12.0 Å². The molecule has 0 saturated heterocycles. The molecule has 4 heteroatoms. The summed E-state index contributed by atoms with van der Waals surface area (Å²) in [5.74, 6) is 0.282. The molecule has 2 aromatic carbocycles. The van der Waals surface area contributed by atoms with Crippen LogP contribution in [0.5, 0.6) is 5.75 Å². The van der Waals surface area contributed by atoms with Gasteiger partial charge in [0.25, 0.3) is 5.91 Å². The number of methoxy groups -OCH3 is 1. The smallest absolute Gasteiger partial charge is 0.253 e. The number of carbonyl (C=O) groups excluding carboxylic acids is 1. The minimum atomic E-state index is -1.16. The van der Waals surface area contributed by atoms with Gasteiger partial charge in [-0.2, -0.15) is 0 Å². The maximum absolute atomic E-state index is 11.9. The van der Waals surface area contributed by atoms with E-state index in [1.807, 2.05) is 30.3 Å². The van der Waals surface area contributed by atoms with E-state index in [-0.39, 0.29) is 0 Å². The number of aliphatic hydroxyl groups excluding tert-OH is 1. The molecule has 0 radical (unpaired) electrons. The molecule has 20 heavy (non-hydrogen) atoms. The Hall–Kier alpha value is -2.33. The molecule has 1 unspecified atom stereocenters. The Labute approximate surface area is 118 Å². The molecule has 0 fully saturated rings. The lowest BCUT2D eigenvalue weighted by Gasteiger charge is -2.13. The van der Waals surface area contributed by atoms with Gasteiger partial charge in [-0.1, -0.05) is 48.5 Å². The summed E-state index contributed by atoms with van der Waals surface area (Å²) in [6, 6.07) is 16.3. The van der Waals surface area contributed by atoms with Crippen LogP contribution in [-0.2, 0) is 11.3 Å². The van der Waals surface area contributed by atoms with Crippen molar-refractivity contribution >= 4 is 5.91 Å². The van der Waals surface area contributed by atoms with Crippen molar-refractivity contribution in [3.63, 3.8) is 0 Å². The van der Waals surface area contributed by atoms with Crippen LogP contribution in [0.2, 0.25) is 0 Å². The van der Waals surface area contributed by atoms with Crippen LogP contribution in [-0.4, -0.2) is 18.1 Å². The fourth-order valence-electron chi connectivity index (χ4n) is 1.91. The number of aliphatic hydroxyl groups is 1. The number of nitrogens with one attached hydrogen (secondary N) is 1. The third-order valence-corrected chi connectivity index (χ3v) is 3.01. The van der Waals surface area contributed by atoms with Crippen LogP contribution in [0.3, 0.4) is 0 Å². The molecular formula is C16H17NO3. The largest absolute Gasteiger partial charge is 0.496 e. The zero-order valence-corrected chi connectivity index (χ0v) is 11.2. The molecule has 0 bridgehead atoms. The molecule has 0 saturated carbocycles. The molecule has 104 valence electrons. The highest BCUT2D eigenvalue weighted by molar-refractivity contribution is 5.81. The predicted octanol–water partition coefficient (Wildman–Crippen LogP) is 2.04. The van der Waals surface area contributed by atoms with Crippen molar-refractivity contribution < 1.29 is 14.6 Å². The Balaban J connectivity index is 1.99.